The van der Waals surface area contributed by atoms with Gasteiger partial charge in [0, 0.05) is 23.4 Å². The summed E-state index contributed by atoms with van der Waals surface area (Å²) in [6.45, 7) is 4.25. The molecule has 0 saturated carbocycles. The number of hydrogen-bond donors (Lipinski definition) is 6. The van der Waals surface area contributed by atoms with Crippen molar-refractivity contribution in [3.63, 3.8) is 0 Å². The van der Waals surface area contributed by atoms with Crippen LogP contribution in [0.3, 0.4) is 0 Å². The molecule has 0 saturated heterocycles. The minimum atomic E-state index is -1.23. The summed E-state index contributed by atoms with van der Waals surface area (Å²) in [5.41, 5.74) is 6.83. The summed E-state index contributed by atoms with van der Waals surface area (Å²) in [6, 6.07) is 14.9. The van der Waals surface area contributed by atoms with Crippen LogP contribution in [0.1, 0.15) is 52.8 Å². The lowest BCUT2D eigenvalue weighted by atomic mass is 10.00. The topological polar surface area (TPSA) is 171 Å². The molecule has 0 aliphatic rings. The molecule has 2 atom stereocenters. The number of halogens is 1. The number of carboxylic acids is 1. The number of amidine groups is 1. The Morgan fingerprint density at radius 3 is 2.56 bits per heavy atom. The molecule has 4 aromatic rings. The molecule has 41 heavy (non-hydrogen) atoms. The van der Waals surface area contributed by atoms with E-state index < -0.39 is 23.5 Å². The van der Waals surface area contributed by atoms with Gasteiger partial charge in [-0.25, -0.2) is 14.0 Å². The number of likely N-dealkylation sites (N-methyl/N-ethyl adjacent to an activating group) is 1. The fourth-order valence-electron chi connectivity index (χ4n) is 4.40. The van der Waals surface area contributed by atoms with E-state index in [4.69, 9.17) is 15.9 Å². The molecule has 7 N–H and O–H groups in total. The largest absolute Gasteiger partial charge is 0.486 e. The lowest BCUT2D eigenvalue weighted by Crippen LogP contribution is -2.27. The smallest absolute Gasteiger partial charge is 0.348 e. The number of nitrogens with zero attached hydrogens (tertiary/aromatic N) is 2. The van der Waals surface area contributed by atoms with Crippen molar-refractivity contribution in [2.24, 2.45) is 5.73 Å². The molecule has 12 heteroatoms. The Bertz CT molecular complexity index is 1610. The van der Waals surface area contributed by atoms with Gasteiger partial charge in [0.05, 0.1) is 11.3 Å². The third-order valence-corrected chi connectivity index (χ3v) is 6.44. The summed E-state index contributed by atoms with van der Waals surface area (Å²) < 4.78 is 23.0. The molecule has 11 nitrogen and oxygen atoms in total. The minimum absolute atomic E-state index is 0.0483. The second-order valence-electron chi connectivity index (χ2n) is 9.45. The first-order valence-electron chi connectivity index (χ1n) is 13.0. The number of para-hydroxylation sites is 1. The number of aromatic nitrogens is 3. The highest BCUT2D eigenvalue weighted by Gasteiger charge is 2.27. The number of hydrogen-bond acceptors (Lipinski definition) is 7. The number of H-pyrrole nitrogens is 1. The number of aromatic carboxylic acids is 1. The standard InChI is InChI=1S/C29H32FN7O4/c1-4-17-13-21(24(30)23(14-17)41-16(2)15-33-3)25(34-19-11-9-18(10-12-19)26(31)32)27-35-29(40)37(36-27)22-8-6-5-7-20(22)28(38)39/h5-14,16,25,33-34H,4,15H2,1-3H3,(H3,31,32)(H,38,39)(H,35,36,40). The van der Waals surface area contributed by atoms with Crippen LogP contribution in [0.4, 0.5) is 10.1 Å². The Balaban J connectivity index is 1.87. The molecule has 0 spiro atoms. The number of benzene rings is 3. The van der Waals surface area contributed by atoms with E-state index in [1.165, 1.54) is 12.1 Å². The van der Waals surface area contributed by atoms with Crippen LogP contribution in [0.15, 0.2) is 65.5 Å². The van der Waals surface area contributed by atoms with Gasteiger partial charge in [0.1, 0.15) is 18.0 Å². The van der Waals surface area contributed by atoms with Crippen LogP contribution >= 0.6 is 0 Å². The summed E-state index contributed by atoms with van der Waals surface area (Å²) in [6.07, 6.45) is 0.257. The maximum absolute atomic E-state index is 16.2. The zero-order valence-electron chi connectivity index (χ0n) is 22.9. The highest BCUT2D eigenvalue weighted by atomic mass is 19.1. The molecule has 3 aromatic carbocycles. The summed E-state index contributed by atoms with van der Waals surface area (Å²) in [4.78, 5) is 27.6. The van der Waals surface area contributed by atoms with Crippen molar-refractivity contribution < 1.29 is 19.0 Å². The van der Waals surface area contributed by atoms with E-state index in [-0.39, 0.29) is 40.3 Å². The first-order valence-corrected chi connectivity index (χ1v) is 13.0. The summed E-state index contributed by atoms with van der Waals surface area (Å²) in [7, 11) is 1.77. The van der Waals surface area contributed by atoms with Crippen LogP contribution in [0.5, 0.6) is 5.75 Å². The highest BCUT2D eigenvalue weighted by molar-refractivity contribution is 5.95. The van der Waals surface area contributed by atoms with Crippen LogP contribution < -0.4 is 26.8 Å². The lowest BCUT2D eigenvalue weighted by Gasteiger charge is -2.22. The minimum Gasteiger partial charge on any atom is -0.486 e. The van der Waals surface area contributed by atoms with Crippen LogP contribution in [0.25, 0.3) is 5.69 Å². The average Bonchev–Trinajstić information content (AvgIpc) is 3.34. The van der Waals surface area contributed by atoms with E-state index in [2.05, 4.69) is 20.7 Å². The molecular formula is C29H32FN7O4. The number of aryl methyl sites for hydroxylation is 1. The summed E-state index contributed by atoms with van der Waals surface area (Å²) in [5.74, 6) is -1.86. The number of nitrogens with two attached hydrogens (primary N) is 1. The van der Waals surface area contributed by atoms with E-state index in [0.717, 1.165) is 10.2 Å². The van der Waals surface area contributed by atoms with Gasteiger partial charge < -0.3 is 26.2 Å². The van der Waals surface area contributed by atoms with Crippen molar-refractivity contribution >= 4 is 17.5 Å². The summed E-state index contributed by atoms with van der Waals surface area (Å²) in [5, 5.41) is 27.9. The molecule has 0 radical (unpaired) electrons. The SMILES string of the molecule is CCc1cc(OC(C)CNC)c(F)c(C(Nc2ccc(C(=N)N)cc2)c2nn(-c3ccccc3C(=O)O)c(=O)[nH]2)c1. The Labute approximate surface area is 235 Å². The maximum atomic E-state index is 16.2. The first-order chi connectivity index (χ1) is 19.6. The van der Waals surface area contributed by atoms with Crippen molar-refractivity contribution in [2.75, 3.05) is 18.9 Å². The van der Waals surface area contributed by atoms with Gasteiger partial charge in [-0.3, -0.25) is 10.4 Å². The Hall–Kier alpha value is -4.97. The molecule has 0 aliphatic heterocycles. The van der Waals surface area contributed by atoms with Gasteiger partial charge in [0.2, 0.25) is 0 Å². The molecule has 214 valence electrons. The van der Waals surface area contributed by atoms with Gasteiger partial charge in [-0.1, -0.05) is 25.1 Å². The molecule has 1 aromatic heterocycles. The third kappa shape index (κ3) is 6.44. The molecule has 1 heterocycles. The number of aromatic amines is 1. The molecule has 0 fully saturated rings. The number of ether oxygens (including phenoxy) is 1. The highest BCUT2D eigenvalue weighted by Crippen LogP contribution is 2.33. The second-order valence-corrected chi connectivity index (χ2v) is 9.45. The van der Waals surface area contributed by atoms with Gasteiger partial charge in [-0.15, -0.1) is 5.10 Å². The third-order valence-electron chi connectivity index (χ3n) is 6.44. The quantitative estimate of drug-likeness (QED) is 0.113. The Morgan fingerprint density at radius 2 is 1.93 bits per heavy atom. The van der Waals surface area contributed by atoms with E-state index >= 15 is 4.39 Å². The van der Waals surface area contributed by atoms with Crippen LogP contribution in [0.2, 0.25) is 0 Å². The van der Waals surface area contributed by atoms with Crippen molar-refractivity contribution in [2.45, 2.75) is 32.4 Å². The molecule has 0 amide bonds. The molecule has 2 unspecified atom stereocenters. The average molecular weight is 562 g/mol. The van der Waals surface area contributed by atoms with E-state index in [0.29, 0.717) is 24.2 Å². The predicted octanol–water partition coefficient (Wildman–Crippen LogP) is 3.43. The zero-order chi connectivity index (χ0) is 29.7. The van der Waals surface area contributed by atoms with Crippen LogP contribution in [0, 0.1) is 11.2 Å². The van der Waals surface area contributed by atoms with E-state index in [9.17, 15) is 14.7 Å². The van der Waals surface area contributed by atoms with Crippen LogP contribution in [-0.2, 0) is 6.42 Å². The van der Waals surface area contributed by atoms with Crippen molar-refractivity contribution in [3.8, 4) is 11.4 Å². The number of nitrogen functional groups attached to an aromatic ring is 1. The zero-order valence-corrected chi connectivity index (χ0v) is 22.9. The molecular weight excluding hydrogens is 529 g/mol. The van der Waals surface area contributed by atoms with Gasteiger partial charge >= 0.3 is 11.7 Å². The number of anilines is 1. The van der Waals surface area contributed by atoms with Gasteiger partial charge in [0.15, 0.2) is 17.4 Å². The fourth-order valence-corrected chi connectivity index (χ4v) is 4.40. The number of carboxylic acid groups (broad SMARTS) is 1. The first kappa shape index (κ1) is 29.0. The number of carbonyl (C=O) groups is 1. The van der Waals surface area contributed by atoms with Crippen molar-refractivity contribution in [1.82, 2.24) is 20.1 Å². The fraction of sp³-hybridized carbons (Fsp3) is 0.241. The molecule has 0 bridgehead atoms. The van der Waals surface area contributed by atoms with Crippen molar-refractivity contribution in [3.05, 3.63) is 105 Å². The normalized spacial score (nSPS) is 12.5. The predicted molar refractivity (Wildman–Crippen MR) is 154 cm³/mol. The van der Waals surface area contributed by atoms with Gasteiger partial charge in [-0.2, -0.15) is 4.68 Å². The van der Waals surface area contributed by atoms with Gasteiger partial charge in [-0.05, 0) is 68.4 Å². The van der Waals surface area contributed by atoms with Crippen molar-refractivity contribution in [1.29, 1.82) is 5.41 Å². The number of nitrogens with one attached hydrogen (secondary N) is 4. The van der Waals surface area contributed by atoms with Gasteiger partial charge in [0.25, 0.3) is 0 Å². The number of rotatable bonds is 12. The molecule has 4 rings (SSSR count). The second kappa shape index (κ2) is 12.5. The van der Waals surface area contributed by atoms with Crippen LogP contribution in [-0.4, -0.2) is 51.4 Å². The lowest BCUT2D eigenvalue weighted by molar-refractivity contribution is 0.0696. The van der Waals surface area contributed by atoms with E-state index in [1.54, 1.807) is 55.6 Å². The summed E-state index contributed by atoms with van der Waals surface area (Å²) >= 11 is 0. The Kier molecular flexibility index (Phi) is 8.83. The van der Waals surface area contributed by atoms with E-state index in [1.807, 2.05) is 13.8 Å². The maximum Gasteiger partial charge on any atom is 0.348 e. The molecule has 0 aliphatic carbocycles. The Morgan fingerprint density at radius 1 is 1.22 bits per heavy atom. The monoisotopic (exact) mass is 561 g/mol.